The van der Waals surface area contributed by atoms with Gasteiger partial charge >= 0.3 is 0 Å². The Labute approximate surface area is 104 Å². The summed E-state index contributed by atoms with van der Waals surface area (Å²) >= 11 is 0. The Hall–Kier alpha value is -2.37. The first kappa shape index (κ1) is 12.1. The third kappa shape index (κ3) is 2.04. The second-order valence-corrected chi connectivity index (χ2v) is 4.27. The van der Waals surface area contributed by atoms with Crippen molar-refractivity contribution in [1.82, 2.24) is 9.55 Å². The predicted octanol–water partition coefficient (Wildman–Crippen LogP) is 2.62. The predicted molar refractivity (Wildman–Crippen MR) is 69.1 cm³/mol. The van der Waals surface area contributed by atoms with Crippen LogP contribution in [0.2, 0.25) is 0 Å². The van der Waals surface area contributed by atoms with E-state index in [2.05, 4.69) is 4.98 Å². The fourth-order valence-electron chi connectivity index (χ4n) is 1.89. The van der Waals surface area contributed by atoms with Gasteiger partial charge in [0.25, 0.3) is 5.69 Å². The zero-order valence-electron chi connectivity index (χ0n) is 10.2. The Morgan fingerprint density at radius 2 is 1.94 bits per heavy atom. The molecule has 0 fully saturated rings. The number of imidazole rings is 1. The van der Waals surface area contributed by atoms with Crippen LogP contribution >= 0.6 is 0 Å². The molecule has 0 aliphatic heterocycles. The first-order chi connectivity index (χ1) is 8.50. The molecule has 2 rings (SSSR count). The van der Waals surface area contributed by atoms with Crippen molar-refractivity contribution in [1.29, 1.82) is 0 Å². The minimum absolute atomic E-state index is 0.0716. The maximum Gasteiger partial charge on any atom is 0.269 e. The van der Waals surface area contributed by atoms with Gasteiger partial charge in [-0.3, -0.25) is 10.1 Å². The van der Waals surface area contributed by atoms with Crippen molar-refractivity contribution < 1.29 is 4.92 Å². The summed E-state index contributed by atoms with van der Waals surface area (Å²) in [6.07, 6.45) is 1.68. The van der Waals surface area contributed by atoms with E-state index >= 15 is 0 Å². The number of non-ortho nitro benzene ring substituents is 1. The number of anilines is 1. The summed E-state index contributed by atoms with van der Waals surface area (Å²) in [6.45, 7) is 4.01. The van der Waals surface area contributed by atoms with Crippen molar-refractivity contribution in [3.05, 3.63) is 40.6 Å². The smallest absolute Gasteiger partial charge is 0.269 e. The van der Waals surface area contributed by atoms with Crippen molar-refractivity contribution in [3.8, 4) is 11.3 Å². The van der Waals surface area contributed by atoms with Crippen molar-refractivity contribution >= 4 is 11.6 Å². The van der Waals surface area contributed by atoms with E-state index in [1.165, 1.54) is 12.1 Å². The molecule has 6 nitrogen and oxygen atoms in total. The summed E-state index contributed by atoms with van der Waals surface area (Å²) in [4.78, 5) is 14.3. The van der Waals surface area contributed by atoms with E-state index in [1.54, 1.807) is 18.3 Å². The Morgan fingerprint density at radius 1 is 1.33 bits per heavy atom. The molecule has 18 heavy (non-hydrogen) atoms. The average molecular weight is 246 g/mol. The van der Waals surface area contributed by atoms with Gasteiger partial charge in [-0.05, 0) is 26.0 Å². The summed E-state index contributed by atoms with van der Waals surface area (Å²) in [5.74, 6) is 0.443. The number of hydrogen-bond acceptors (Lipinski definition) is 4. The zero-order valence-corrected chi connectivity index (χ0v) is 10.2. The Bertz CT molecular complexity index is 572. The van der Waals surface area contributed by atoms with Gasteiger partial charge in [-0.2, -0.15) is 0 Å². The van der Waals surface area contributed by atoms with E-state index in [9.17, 15) is 10.1 Å². The summed E-state index contributed by atoms with van der Waals surface area (Å²) in [7, 11) is 0. The van der Waals surface area contributed by atoms with Crippen LogP contribution in [0.3, 0.4) is 0 Å². The monoisotopic (exact) mass is 246 g/mol. The minimum atomic E-state index is -0.419. The molecular formula is C12H14N4O2. The lowest BCUT2D eigenvalue weighted by Gasteiger charge is -2.13. The summed E-state index contributed by atoms with van der Waals surface area (Å²) in [5.41, 5.74) is 7.59. The van der Waals surface area contributed by atoms with Crippen LogP contribution in [0.1, 0.15) is 19.9 Å². The molecule has 2 aromatic rings. The SMILES string of the molecule is CC(C)n1c(-c2ccc([N+](=O)[O-])cc2)cnc1N. The fourth-order valence-corrected chi connectivity index (χ4v) is 1.89. The molecule has 6 heteroatoms. The fraction of sp³-hybridized carbons (Fsp3) is 0.250. The minimum Gasteiger partial charge on any atom is -0.369 e. The molecule has 1 aromatic heterocycles. The molecule has 1 aromatic carbocycles. The molecule has 0 aliphatic carbocycles. The lowest BCUT2D eigenvalue weighted by molar-refractivity contribution is -0.384. The number of nitro benzene ring substituents is 1. The van der Waals surface area contributed by atoms with Gasteiger partial charge in [0.15, 0.2) is 0 Å². The van der Waals surface area contributed by atoms with Crippen LogP contribution in [0.15, 0.2) is 30.5 Å². The van der Waals surface area contributed by atoms with Gasteiger partial charge in [-0.15, -0.1) is 0 Å². The first-order valence-corrected chi connectivity index (χ1v) is 5.58. The number of nitrogens with two attached hydrogens (primary N) is 1. The lowest BCUT2D eigenvalue weighted by Crippen LogP contribution is -2.07. The maximum atomic E-state index is 10.6. The second kappa shape index (κ2) is 4.48. The van der Waals surface area contributed by atoms with Gasteiger partial charge in [0, 0.05) is 23.7 Å². The number of aromatic nitrogens is 2. The van der Waals surface area contributed by atoms with Gasteiger partial charge < -0.3 is 10.3 Å². The van der Waals surface area contributed by atoms with Crippen LogP contribution in [0, 0.1) is 10.1 Å². The third-order valence-electron chi connectivity index (χ3n) is 2.72. The summed E-state index contributed by atoms with van der Waals surface area (Å²) in [6, 6.07) is 6.53. The second-order valence-electron chi connectivity index (χ2n) is 4.27. The summed E-state index contributed by atoms with van der Waals surface area (Å²) in [5, 5.41) is 10.6. The molecule has 0 saturated heterocycles. The number of nitrogens with zero attached hydrogens (tertiary/aromatic N) is 3. The maximum absolute atomic E-state index is 10.6. The van der Waals surface area contributed by atoms with Crippen molar-refractivity contribution in [2.75, 3.05) is 5.73 Å². The van der Waals surface area contributed by atoms with Crippen LogP contribution in [0.4, 0.5) is 11.6 Å². The van der Waals surface area contributed by atoms with Gasteiger partial charge in [0.2, 0.25) is 5.95 Å². The number of nitro groups is 1. The van der Waals surface area contributed by atoms with E-state index in [-0.39, 0.29) is 11.7 Å². The van der Waals surface area contributed by atoms with Crippen molar-refractivity contribution in [2.45, 2.75) is 19.9 Å². The van der Waals surface area contributed by atoms with Gasteiger partial charge in [0.05, 0.1) is 16.8 Å². The molecule has 1 heterocycles. The Morgan fingerprint density at radius 3 is 2.44 bits per heavy atom. The molecule has 0 unspecified atom stereocenters. The van der Waals surface area contributed by atoms with E-state index in [1.807, 2.05) is 18.4 Å². The van der Waals surface area contributed by atoms with Crippen molar-refractivity contribution in [2.24, 2.45) is 0 Å². The molecule has 94 valence electrons. The molecule has 0 atom stereocenters. The standard InChI is InChI=1S/C12H14N4O2/c1-8(2)15-11(7-14-12(15)13)9-3-5-10(6-4-9)16(17)18/h3-8H,1-2H3,(H2,13,14). The highest BCUT2D eigenvalue weighted by Gasteiger charge is 2.13. The number of hydrogen-bond donors (Lipinski definition) is 1. The normalized spacial score (nSPS) is 10.8. The van der Waals surface area contributed by atoms with Crippen LogP contribution in [0.5, 0.6) is 0 Å². The van der Waals surface area contributed by atoms with E-state index in [4.69, 9.17) is 5.73 Å². The quantitative estimate of drug-likeness (QED) is 0.666. The largest absolute Gasteiger partial charge is 0.369 e. The number of nitrogen functional groups attached to an aromatic ring is 1. The van der Waals surface area contributed by atoms with Gasteiger partial charge in [-0.1, -0.05) is 0 Å². The zero-order chi connectivity index (χ0) is 13.3. The van der Waals surface area contributed by atoms with Gasteiger partial charge in [0.1, 0.15) is 0 Å². The molecule has 0 bridgehead atoms. The van der Waals surface area contributed by atoms with E-state index < -0.39 is 4.92 Å². The average Bonchev–Trinajstić information content (AvgIpc) is 2.71. The highest BCUT2D eigenvalue weighted by atomic mass is 16.6. The van der Waals surface area contributed by atoms with Crippen LogP contribution in [0.25, 0.3) is 11.3 Å². The highest BCUT2D eigenvalue weighted by molar-refractivity contribution is 5.63. The van der Waals surface area contributed by atoms with Crippen LogP contribution in [-0.2, 0) is 0 Å². The number of benzene rings is 1. The molecular weight excluding hydrogens is 232 g/mol. The highest BCUT2D eigenvalue weighted by Crippen LogP contribution is 2.27. The van der Waals surface area contributed by atoms with Crippen LogP contribution in [-0.4, -0.2) is 14.5 Å². The van der Waals surface area contributed by atoms with E-state index in [0.717, 1.165) is 11.3 Å². The lowest BCUT2D eigenvalue weighted by atomic mass is 10.1. The Kier molecular flexibility index (Phi) is 3.01. The van der Waals surface area contributed by atoms with Crippen molar-refractivity contribution in [3.63, 3.8) is 0 Å². The number of rotatable bonds is 3. The van der Waals surface area contributed by atoms with Gasteiger partial charge in [-0.25, -0.2) is 4.98 Å². The Balaban J connectivity index is 2.46. The molecule has 0 spiro atoms. The first-order valence-electron chi connectivity index (χ1n) is 5.58. The van der Waals surface area contributed by atoms with E-state index in [0.29, 0.717) is 5.95 Å². The molecule has 2 N–H and O–H groups in total. The molecule has 0 saturated carbocycles. The topological polar surface area (TPSA) is 87.0 Å². The molecule has 0 radical (unpaired) electrons. The third-order valence-corrected chi connectivity index (χ3v) is 2.72. The van der Waals surface area contributed by atoms with Crippen LogP contribution < -0.4 is 5.73 Å². The molecule has 0 aliphatic rings. The molecule has 0 amide bonds. The summed E-state index contributed by atoms with van der Waals surface area (Å²) < 4.78 is 1.89.